The number of aromatic nitrogens is 3. The first-order chi connectivity index (χ1) is 11.2. The fourth-order valence-electron chi connectivity index (χ4n) is 3.11. The minimum atomic E-state index is 0.548. The summed E-state index contributed by atoms with van der Waals surface area (Å²) in [7, 11) is 0. The van der Waals surface area contributed by atoms with Gasteiger partial charge < -0.3 is 0 Å². The molecule has 1 aromatic carbocycles. The summed E-state index contributed by atoms with van der Waals surface area (Å²) >= 11 is 8.84. The molecule has 0 radical (unpaired) electrons. The van der Waals surface area contributed by atoms with Crippen LogP contribution in [-0.2, 0) is 6.42 Å². The number of H-pyrrole nitrogens is 1. The predicted molar refractivity (Wildman–Crippen MR) is 99.4 cm³/mol. The van der Waals surface area contributed by atoms with Gasteiger partial charge in [0.05, 0.1) is 6.21 Å². The third-order valence-corrected chi connectivity index (χ3v) is 5.42. The second-order valence-corrected chi connectivity index (χ2v) is 7.31. The Bertz CT molecular complexity index is 728. The maximum atomic E-state index is 5.31. The maximum Gasteiger partial charge on any atom is 0.216 e. The van der Waals surface area contributed by atoms with E-state index in [1.54, 1.807) is 4.68 Å². The van der Waals surface area contributed by atoms with Gasteiger partial charge in [0.1, 0.15) is 0 Å². The summed E-state index contributed by atoms with van der Waals surface area (Å²) in [6.07, 6.45) is 10.8. The highest BCUT2D eigenvalue weighted by Crippen LogP contribution is 2.27. The van der Waals surface area contributed by atoms with Crippen molar-refractivity contribution in [3.05, 3.63) is 44.9 Å². The summed E-state index contributed by atoms with van der Waals surface area (Å²) in [5.74, 6) is 1.75. The minimum Gasteiger partial charge on any atom is -0.250 e. The highest BCUT2D eigenvalue weighted by Gasteiger charge is 2.15. The summed E-state index contributed by atoms with van der Waals surface area (Å²) in [6, 6.07) is 7.99. The van der Waals surface area contributed by atoms with Gasteiger partial charge in [-0.2, -0.15) is 14.9 Å². The lowest BCUT2D eigenvalue weighted by molar-refractivity contribution is 0.336. The summed E-state index contributed by atoms with van der Waals surface area (Å²) in [5, 5.41) is 11.7. The van der Waals surface area contributed by atoms with Gasteiger partial charge in [0.2, 0.25) is 4.77 Å². The maximum absolute atomic E-state index is 5.31. The fourth-order valence-corrected chi connectivity index (χ4v) is 3.70. The number of aryl methyl sites for hydroxylation is 1. The van der Waals surface area contributed by atoms with E-state index in [2.05, 4.69) is 31.2 Å². The number of nitrogens with one attached hydrogen (secondary N) is 1. The molecule has 23 heavy (non-hydrogen) atoms. The van der Waals surface area contributed by atoms with E-state index in [-0.39, 0.29) is 0 Å². The van der Waals surface area contributed by atoms with Crippen LogP contribution in [0.3, 0.4) is 0 Å². The minimum absolute atomic E-state index is 0.548. The van der Waals surface area contributed by atoms with Crippen molar-refractivity contribution in [2.24, 2.45) is 11.0 Å². The number of aromatic amines is 1. The van der Waals surface area contributed by atoms with Crippen molar-refractivity contribution in [2.75, 3.05) is 0 Å². The van der Waals surface area contributed by atoms with Crippen LogP contribution >= 0.6 is 28.1 Å². The van der Waals surface area contributed by atoms with Crippen LogP contribution in [0, 0.1) is 10.7 Å². The van der Waals surface area contributed by atoms with Crippen molar-refractivity contribution in [1.29, 1.82) is 0 Å². The monoisotopic (exact) mass is 392 g/mol. The lowest BCUT2D eigenvalue weighted by atomic mass is 9.86. The highest BCUT2D eigenvalue weighted by atomic mass is 79.9. The zero-order chi connectivity index (χ0) is 16.1. The number of nitrogens with zero attached hydrogens (tertiary/aromatic N) is 3. The van der Waals surface area contributed by atoms with Gasteiger partial charge in [-0.25, -0.2) is 0 Å². The Balaban J connectivity index is 1.71. The van der Waals surface area contributed by atoms with E-state index in [1.165, 1.54) is 38.5 Å². The van der Waals surface area contributed by atoms with Gasteiger partial charge in [-0.15, -0.1) is 0 Å². The zero-order valence-electron chi connectivity index (χ0n) is 13.0. The molecule has 0 atom stereocenters. The van der Waals surface area contributed by atoms with Crippen molar-refractivity contribution in [1.82, 2.24) is 14.9 Å². The van der Waals surface area contributed by atoms with E-state index in [9.17, 15) is 0 Å². The van der Waals surface area contributed by atoms with Crippen molar-refractivity contribution >= 4 is 34.4 Å². The van der Waals surface area contributed by atoms with Gasteiger partial charge in [-0.05, 0) is 30.6 Å². The molecule has 0 aliphatic heterocycles. The molecule has 0 saturated heterocycles. The number of benzene rings is 1. The highest BCUT2D eigenvalue weighted by molar-refractivity contribution is 9.10. The third-order valence-electron chi connectivity index (χ3n) is 4.44. The largest absolute Gasteiger partial charge is 0.250 e. The molecule has 4 nitrogen and oxygen atoms in total. The molecule has 0 bridgehead atoms. The molecule has 6 heteroatoms. The van der Waals surface area contributed by atoms with E-state index in [0.29, 0.717) is 4.77 Å². The Morgan fingerprint density at radius 2 is 2.09 bits per heavy atom. The number of halogens is 1. The molecule has 0 amide bonds. The molecule has 122 valence electrons. The third kappa shape index (κ3) is 4.38. The summed E-state index contributed by atoms with van der Waals surface area (Å²) < 4.78 is 3.31. The van der Waals surface area contributed by atoms with Crippen LogP contribution in [0.1, 0.15) is 49.9 Å². The zero-order valence-corrected chi connectivity index (χ0v) is 15.4. The molecule has 0 spiro atoms. The van der Waals surface area contributed by atoms with Crippen LogP contribution in [-0.4, -0.2) is 21.1 Å². The van der Waals surface area contributed by atoms with Gasteiger partial charge in [-0.3, -0.25) is 5.10 Å². The Hall–Kier alpha value is -1.27. The molecule has 1 aromatic heterocycles. The molecule has 2 aromatic rings. The van der Waals surface area contributed by atoms with Gasteiger partial charge >= 0.3 is 0 Å². The lowest BCUT2D eigenvalue weighted by Gasteiger charge is -2.20. The average Bonchev–Trinajstić information content (AvgIpc) is 2.93. The topological polar surface area (TPSA) is 46.0 Å². The molecule has 3 rings (SSSR count). The van der Waals surface area contributed by atoms with Crippen LogP contribution in [0.15, 0.2) is 33.8 Å². The number of rotatable bonds is 5. The molecule has 1 aliphatic rings. The molecule has 1 N–H and O–H groups in total. The van der Waals surface area contributed by atoms with E-state index in [0.717, 1.165) is 28.2 Å². The molecular formula is C17H21BrN4S. The standard InChI is InChI=1S/C17H21BrN4S/c18-15-9-5-4-8-14(15)12-19-22-16(20-21-17(22)23)11-10-13-6-2-1-3-7-13/h4-5,8-9,12-13H,1-3,6-7,10-11H2,(H,21,23)/b19-12-. The summed E-state index contributed by atoms with van der Waals surface area (Å²) in [5.41, 5.74) is 1.02. The fraction of sp³-hybridized carbons (Fsp3) is 0.471. The van der Waals surface area contributed by atoms with Gasteiger partial charge in [0, 0.05) is 16.5 Å². The first-order valence-electron chi connectivity index (χ1n) is 8.19. The number of hydrogen-bond acceptors (Lipinski definition) is 3. The van der Waals surface area contributed by atoms with Crippen LogP contribution in [0.4, 0.5) is 0 Å². The Morgan fingerprint density at radius 3 is 2.87 bits per heavy atom. The molecule has 1 saturated carbocycles. The van der Waals surface area contributed by atoms with Gasteiger partial charge in [0.25, 0.3) is 0 Å². The van der Waals surface area contributed by atoms with Crippen molar-refractivity contribution in [2.45, 2.75) is 44.9 Å². The first-order valence-corrected chi connectivity index (χ1v) is 9.39. The van der Waals surface area contributed by atoms with Gasteiger partial charge in [-0.1, -0.05) is 66.2 Å². The molecule has 1 fully saturated rings. The second-order valence-electron chi connectivity index (χ2n) is 6.07. The van der Waals surface area contributed by atoms with E-state index < -0.39 is 0 Å². The lowest BCUT2D eigenvalue weighted by Crippen LogP contribution is -2.09. The molecule has 1 aliphatic carbocycles. The van der Waals surface area contributed by atoms with Crippen LogP contribution in [0.5, 0.6) is 0 Å². The smallest absolute Gasteiger partial charge is 0.216 e. The van der Waals surface area contributed by atoms with Crippen LogP contribution < -0.4 is 0 Å². The Morgan fingerprint density at radius 1 is 1.30 bits per heavy atom. The molecular weight excluding hydrogens is 372 g/mol. The molecule has 0 unspecified atom stereocenters. The Kier molecular flexibility index (Phi) is 5.78. The van der Waals surface area contributed by atoms with E-state index in [4.69, 9.17) is 12.2 Å². The van der Waals surface area contributed by atoms with Crippen molar-refractivity contribution in [3.8, 4) is 0 Å². The SMILES string of the molecule is S=c1[nH]nc(CCC2CCCCC2)n1/N=C\c1ccccc1Br. The second kappa shape index (κ2) is 8.02. The normalized spacial score (nSPS) is 16.2. The summed E-state index contributed by atoms with van der Waals surface area (Å²) in [6.45, 7) is 0. The predicted octanol–water partition coefficient (Wildman–Crippen LogP) is 5.10. The Labute approximate surface area is 150 Å². The van der Waals surface area contributed by atoms with E-state index in [1.807, 2.05) is 30.5 Å². The van der Waals surface area contributed by atoms with Crippen LogP contribution in [0.2, 0.25) is 0 Å². The average molecular weight is 393 g/mol. The van der Waals surface area contributed by atoms with E-state index >= 15 is 0 Å². The molecule has 1 heterocycles. The number of hydrogen-bond donors (Lipinski definition) is 1. The van der Waals surface area contributed by atoms with Crippen LogP contribution in [0.25, 0.3) is 0 Å². The quantitative estimate of drug-likeness (QED) is 0.568. The van der Waals surface area contributed by atoms with Crippen molar-refractivity contribution < 1.29 is 0 Å². The van der Waals surface area contributed by atoms with Crippen molar-refractivity contribution in [3.63, 3.8) is 0 Å². The first kappa shape index (κ1) is 16.6. The van der Waals surface area contributed by atoms with Gasteiger partial charge in [0.15, 0.2) is 5.82 Å². The summed E-state index contributed by atoms with van der Waals surface area (Å²) in [4.78, 5) is 0.